The highest BCUT2D eigenvalue weighted by molar-refractivity contribution is 6.19. The molecule has 2 aliphatic heterocycles. The topological polar surface area (TPSA) is 63.2 Å². The normalized spacial score (nSPS) is 19.0. The molecule has 2 aromatic carbocycles. The number of methoxy groups -OCH3 is 1. The molecule has 0 radical (unpaired) electrons. The minimum atomic E-state index is -0.684. The second kappa shape index (κ2) is 8.48. The third-order valence-electron chi connectivity index (χ3n) is 5.87. The second-order valence-electron chi connectivity index (χ2n) is 8.34. The molecule has 6 heteroatoms. The molecule has 0 aliphatic carbocycles. The largest absolute Gasteiger partial charge is 0.493 e. The van der Waals surface area contributed by atoms with Crippen molar-refractivity contribution in [2.45, 2.75) is 39.3 Å². The summed E-state index contributed by atoms with van der Waals surface area (Å²) >= 11 is 0. The molecule has 1 amide bonds. The second-order valence-corrected chi connectivity index (χ2v) is 8.34. The molecule has 0 saturated carbocycles. The first-order valence-electron chi connectivity index (χ1n) is 10.5. The Labute approximate surface area is 177 Å². The number of nitrogens with one attached hydrogen (secondary N) is 1. The van der Waals surface area contributed by atoms with Crippen LogP contribution in [0.2, 0.25) is 0 Å². The third kappa shape index (κ3) is 3.92. The van der Waals surface area contributed by atoms with Gasteiger partial charge in [-0.25, -0.2) is 5.01 Å². The molecule has 6 nitrogen and oxygen atoms in total. The van der Waals surface area contributed by atoms with Crippen LogP contribution in [0, 0.1) is 5.41 Å². The molecule has 2 aromatic rings. The van der Waals surface area contributed by atoms with E-state index in [-0.39, 0.29) is 11.9 Å². The van der Waals surface area contributed by atoms with Gasteiger partial charge in [-0.05, 0) is 63.5 Å². The summed E-state index contributed by atoms with van der Waals surface area (Å²) in [6, 6.07) is 15.9. The molecule has 158 valence electrons. The Bertz CT molecular complexity index is 934. The molecule has 0 aromatic heterocycles. The molecule has 30 heavy (non-hydrogen) atoms. The minimum Gasteiger partial charge on any atom is -0.493 e. The fourth-order valence-electron chi connectivity index (χ4n) is 4.06. The van der Waals surface area contributed by atoms with E-state index >= 15 is 0 Å². The van der Waals surface area contributed by atoms with Crippen molar-refractivity contribution in [3.8, 4) is 11.5 Å². The lowest BCUT2D eigenvalue weighted by Crippen LogP contribution is -2.44. The number of hydrazone groups is 1. The van der Waals surface area contributed by atoms with Gasteiger partial charge in [-0.15, -0.1) is 0 Å². The van der Waals surface area contributed by atoms with Crippen LogP contribution in [0.3, 0.4) is 0 Å². The lowest BCUT2D eigenvalue weighted by atomic mass is 9.83. The molecular weight excluding hydrogens is 378 g/mol. The van der Waals surface area contributed by atoms with Crippen LogP contribution in [0.25, 0.3) is 0 Å². The maximum Gasteiger partial charge on any atom is 0.254 e. The number of benzene rings is 2. The molecule has 0 bridgehead atoms. The molecule has 4 rings (SSSR count). The van der Waals surface area contributed by atoms with Gasteiger partial charge in [0, 0.05) is 5.56 Å². The number of rotatable bonds is 6. The minimum absolute atomic E-state index is 0.0620. The van der Waals surface area contributed by atoms with E-state index in [4.69, 9.17) is 14.6 Å². The molecule has 2 heterocycles. The Balaban J connectivity index is 1.62. The number of carbonyl (C=O) groups is 1. The van der Waals surface area contributed by atoms with E-state index in [9.17, 15) is 4.79 Å². The zero-order chi connectivity index (χ0) is 21.1. The van der Waals surface area contributed by atoms with Crippen molar-refractivity contribution in [3.05, 3.63) is 59.7 Å². The first-order chi connectivity index (χ1) is 14.5. The zero-order valence-corrected chi connectivity index (χ0v) is 17.9. The molecule has 1 saturated heterocycles. The van der Waals surface area contributed by atoms with Gasteiger partial charge in [0.05, 0.1) is 24.3 Å². The number of nitrogens with zero attached hydrogens (tertiary/aromatic N) is 2. The Kier molecular flexibility index (Phi) is 5.77. The summed E-state index contributed by atoms with van der Waals surface area (Å²) in [5.41, 5.74) is 2.05. The van der Waals surface area contributed by atoms with Gasteiger partial charge in [-0.3, -0.25) is 4.79 Å². The van der Waals surface area contributed by atoms with Gasteiger partial charge in [-0.1, -0.05) is 30.3 Å². The number of amides is 1. The van der Waals surface area contributed by atoms with Crippen molar-refractivity contribution < 1.29 is 14.3 Å². The van der Waals surface area contributed by atoms with E-state index in [0.717, 1.165) is 42.8 Å². The molecule has 0 atom stereocenters. The van der Waals surface area contributed by atoms with E-state index in [1.807, 2.05) is 62.4 Å². The van der Waals surface area contributed by atoms with Crippen LogP contribution in [0.1, 0.15) is 37.8 Å². The van der Waals surface area contributed by atoms with Crippen molar-refractivity contribution in [1.29, 1.82) is 0 Å². The lowest BCUT2D eigenvalue weighted by molar-refractivity contribution is -0.137. The van der Waals surface area contributed by atoms with Crippen molar-refractivity contribution in [1.82, 2.24) is 10.3 Å². The highest BCUT2D eigenvalue weighted by Crippen LogP contribution is 2.37. The number of hydrogen-bond donors (Lipinski definition) is 1. The van der Waals surface area contributed by atoms with Crippen molar-refractivity contribution >= 4 is 11.6 Å². The van der Waals surface area contributed by atoms with Gasteiger partial charge >= 0.3 is 0 Å². The molecule has 1 fully saturated rings. The predicted octanol–water partition coefficient (Wildman–Crippen LogP) is 3.60. The first kappa shape index (κ1) is 20.4. The summed E-state index contributed by atoms with van der Waals surface area (Å²) in [5, 5.41) is 9.87. The zero-order valence-electron chi connectivity index (χ0n) is 17.9. The predicted molar refractivity (Wildman–Crippen MR) is 117 cm³/mol. The summed E-state index contributed by atoms with van der Waals surface area (Å²) in [6.45, 7) is 6.17. The summed E-state index contributed by atoms with van der Waals surface area (Å²) in [6.07, 6.45) is 1.85. The van der Waals surface area contributed by atoms with E-state index in [0.29, 0.717) is 18.1 Å². The van der Waals surface area contributed by atoms with Gasteiger partial charge in [0.1, 0.15) is 6.61 Å². The monoisotopic (exact) mass is 407 g/mol. The van der Waals surface area contributed by atoms with Crippen LogP contribution in [0.4, 0.5) is 0 Å². The van der Waals surface area contributed by atoms with Crippen LogP contribution >= 0.6 is 0 Å². The number of hydrogen-bond acceptors (Lipinski definition) is 5. The average Bonchev–Trinajstić information content (AvgIpc) is 3.02. The Morgan fingerprint density at radius 3 is 2.53 bits per heavy atom. The van der Waals surface area contributed by atoms with Crippen LogP contribution in [0.5, 0.6) is 11.5 Å². The highest BCUT2D eigenvalue weighted by Gasteiger charge is 2.46. The summed E-state index contributed by atoms with van der Waals surface area (Å²) < 4.78 is 11.6. The molecular formula is C24H29N3O3. The van der Waals surface area contributed by atoms with E-state index < -0.39 is 5.41 Å². The Morgan fingerprint density at radius 2 is 1.83 bits per heavy atom. The first-order valence-corrected chi connectivity index (χ1v) is 10.5. The Hall–Kier alpha value is -2.86. The summed E-state index contributed by atoms with van der Waals surface area (Å²) in [5.74, 6) is 1.37. The van der Waals surface area contributed by atoms with Gasteiger partial charge in [-0.2, -0.15) is 5.10 Å². The third-order valence-corrected chi connectivity index (χ3v) is 5.87. The number of ether oxygens (including phenoxy) is 2. The van der Waals surface area contributed by atoms with Crippen LogP contribution < -0.4 is 14.8 Å². The molecule has 0 unspecified atom stereocenters. The number of carbonyl (C=O) groups excluding carboxylic acids is 1. The summed E-state index contributed by atoms with van der Waals surface area (Å²) in [7, 11) is 1.63. The number of piperidine rings is 1. The molecule has 2 aliphatic rings. The quantitative estimate of drug-likeness (QED) is 0.795. The van der Waals surface area contributed by atoms with Crippen LogP contribution in [-0.2, 0) is 11.4 Å². The summed E-state index contributed by atoms with van der Waals surface area (Å²) in [4.78, 5) is 13.2. The van der Waals surface area contributed by atoms with E-state index in [2.05, 4.69) is 5.32 Å². The van der Waals surface area contributed by atoms with Gasteiger partial charge < -0.3 is 14.8 Å². The van der Waals surface area contributed by atoms with Gasteiger partial charge in [0.25, 0.3) is 5.91 Å². The van der Waals surface area contributed by atoms with Crippen LogP contribution in [0.15, 0.2) is 53.6 Å². The standard InChI is InChI=1S/C24H29N3O3/c1-24(2)22(26-27(23(24)28)19-11-13-25-14-12-19)18-9-10-20(29-3)21(15-18)30-16-17-7-5-4-6-8-17/h4-10,15,19,25H,11-14,16H2,1-3H3. The van der Waals surface area contributed by atoms with Crippen LogP contribution in [-0.4, -0.2) is 42.9 Å². The average molecular weight is 408 g/mol. The smallest absolute Gasteiger partial charge is 0.254 e. The van der Waals surface area contributed by atoms with E-state index in [1.165, 1.54) is 0 Å². The fraction of sp³-hybridized carbons (Fsp3) is 0.417. The maximum atomic E-state index is 13.2. The Morgan fingerprint density at radius 1 is 1.10 bits per heavy atom. The SMILES string of the molecule is COc1ccc(C2=NN(C3CCNCC3)C(=O)C2(C)C)cc1OCc1ccccc1. The van der Waals surface area contributed by atoms with Gasteiger partial charge in [0.15, 0.2) is 11.5 Å². The maximum absolute atomic E-state index is 13.2. The molecule has 1 N–H and O–H groups in total. The van der Waals surface area contributed by atoms with Crippen molar-refractivity contribution in [3.63, 3.8) is 0 Å². The van der Waals surface area contributed by atoms with Gasteiger partial charge in [0.2, 0.25) is 0 Å². The van der Waals surface area contributed by atoms with Crippen molar-refractivity contribution in [2.75, 3.05) is 20.2 Å². The highest BCUT2D eigenvalue weighted by atomic mass is 16.5. The van der Waals surface area contributed by atoms with E-state index in [1.54, 1.807) is 12.1 Å². The lowest BCUT2D eigenvalue weighted by Gasteiger charge is -2.30. The fourth-order valence-corrected chi connectivity index (χ4v) is 4.06. The molecule has 0 spiro atoms. The van der Waals surface area contributed by atoms with Crippen molar-refractivity contribution in [2.24, 2.45) is 10.5 Å².